The third-order valence-corrected chi connectivity index (χ3v) is 4.84. The van der Waals surface area contributed by atoms with Gasteiger partial charge in [0.15, 0.2) is 0 Å². The Labute approximate surface area is 138 Å². The quantitative estimate of drug-likeness (QED) is 0.727. The SMILES string of the molecule is Cc1ccc(C(C)N(C)C(=O)c2ccc(Cl)c(Br)c2)cc1. The van der Waals surface area contributed by atoms with Crippen molar-refractivity contribution < 1.29 is 4.79 Å². The van der Waals surface area contributed by atoms with E-state index in [0.29, 0.717) is 10.6 Å². The van der Waals surface area contributed by atoms with Crippen LogP contribution in [0.5, 0.6) is 0 Å². The molecule has 0 aliphatic rings. The predicted octanol–water partition coefficient (Wildman–Crippen LogP) is 5.24. The van der Waals surface area contributed by atoms with Gasteiger partial charge >= 0.3 is 0 Å². The summed E-state index contributed by atoms with van der Waals surface area (Å²) in [6.45, 7) is 4.07. The van der Waals surface area contributed by atoms with Gasteiger partial charge in [0, 0.05) is 17.1 Å². The monoisotopic (exact) mass is 365 g/mol. The number of nitrogens with zero attached hydrogens (tertiary/aromatic N) is 1. The first-order chi connectivity index (χ1) is 9.90. The third-order valence-electron chi connectivity index (χ3n) is 3.63. The molecule has 1 atom stereocenters. The lowest BCUT2D eigenvalue weighted by molar-refractivity contribution is 0.0742. The lowest BCUT2D eigenvalue weighted by atomic mass is 10.0. The fourth-order valence-electron chi connectivity index (χ4n) is 2.08. The van der Waals surface area contributed by atoms with E-state index in [1.165, 1.54) is 5.56 Å². The van der Waals surface area contributed by atoms with Gasteiger partial charge in [-0.1, -0.05) is 41.4 Å². The molecule has 4 heteroatoms. The number of carbonyl (C=O) groups is 1. The molecule has 0 aliphatic heterocycles. The maximum absolute atomic E-state index is 12.6. The zero-order valence-electron chi connectivity index (χ0n) is 12.2. The Kier molecular flexibility index (Phi) is 5.07. The molecule has 0 spiro atoms. The van der Waals surface area contributed by atoms with Crippen molar-refractivity contribution in [3.63, 3.8) is 0 Å². The molecule has 0 aromatic heterocycles. The molecule has 1 unspecified atom stereocenters. The summed E-state index contributed by atoms with van der Waals surface area (Å²) in [6, 6.07) is 13.5. The van der Waals surface area contributed by atoms with E-state index in [1.807, 2.05) is 14.0 Å². The summed E-state index contributed by atoms with van der Waals surface area (Å²) in [5.41, 5.74) is 2.94. The van der Waals surface area contributed by atoms with Gasteiger partial charge in [-0.15, -0.1) is 0 Å². The van der Waals surface area contributed by atoms with E-state index in [0.717, 1.165) is 10.0 Å². The van der Waals surface area contributed by atoms with Crippen LogP contribution in [-0.4, -0.2) is 17.9 Å². The van der Waals surface area contributed by atoms with Gasteiger partial charge < -0.3 is 4.90 Å². The van der Waals surface area contributed by atoms with Crippen molar-refractivity contribution in [1.82, 2.24) is 4.90 Å². The number of amides is 1. The minimum atomic E-state index is -0.0274. The zero-order chi connectivity index (χ0) is 15.6. The number of hydrogen-bond donors (Lipinski definition) is 0. The Balaban J connectivity index is 2.21. The second-order valence-corrected chi connectivity index (χ2v) is 6.39. The van der Waals surface area contributed by atoms with Crippen LogP contribution in [0.1, 0.15) is 34.5 Å². The van der Waals surface area contributed by atoms with E-state index in [4.69, 9.17) is 11.6 Å². The van der Waals surface area contributed by atoms with Crippen molar-refractivity contribution in [2.75, 3.05) is 7.05 Å². The van der Waals surface area contributed by atoms with Crippen LogP contribution in [0.2, 0.25) is 5.02 Å². The molecule has 2 aromatic carbocycles. The molecule has 0 bridgehead atoms. The molecule has 0 N–H and O–H groups in total. The van der Waals surface area contributed by atoms with Gasteiger partial charge in [0.05, 0.1) is 11.1 Å². The Morgan fingerprint density at radius 3 is 2.38 bits per heavy atom. The van der Waals surface area contributed by atoms with Crippen LogP contribution >= 0.6 is 27.5 Å². The maximum atomic E-state index is 12.6. The number of rotatable bonds is 3. The molecule has 110 valence electrons. The molecule has 1 amide bonds. The van der Waals surface area contributed by atoms with E-state index in [2.05, 4.69) is 47.1 Å². The molecule has 0 radical (unpaired) electrons. The summed E-state index contributed by atoms with van der Waals surface area (Å²) in [5.74, 6) is -0.0274. The van der Waals surface area contributed by atoms with Gasteiger partial charge in [0.1, 0.15) is 0 Å². The Bertz CT molecular complexity index is 654. The zero-order valence-corrected chi connectivity index (χ0v) is 14.6. The van der Waals surface area contributed by atoms with Crippen molar-refractivity contribution in [2.24, 2.45) is 0 Å². The van der Waals surface area contributed by atoms with E-state index in [9.17, 15) is 4.79 Å². The molecule has 21 heavy (non-hydrogen) atoms. The number of halogens is 2. The Morgan fingerprint density at radius 2 is 1.81 bits per heavy atom. The van der Waals surface area contributed by atoms with E-state index < -0.39 is 0 Å². The lowest BCUT2D eigenvalue weighted by Gasteiger charge is -2.25. The number of carbonyl (C=O) groups excluding carboxylic acids is 1. The van der Waals surface area contributed by atoms with Crippen LogP contribution in [0.3, 0.4) is 0 Å². The summed E-state index contributed by atoms with van der Waals surface area (Å²) < 4.78 is 0.728. The Hall–Kier alpha value is -1.32. The van der Waals surface area contributed by atoms with Crippen molar-refractivity contribution >= 4 is 33.4 Å². The fraction of sp³-hybridized carbons (Fsp3) is 0.235. The number of hydrogen-bond acceptors (Lipinski definition) is 1. The minimum absolute atomic E-state index is 0.00699. The average molecular weight is 367 g/mol. The van der Waals surface area contributed by atoms with Crippen LogP contribution in [0.4, 0.5) is 0 Å². The lowest BCUT2D eigenvalue weighted by Crippen LogP contribution is -2.29. The molecule has 2 aromatic rings. The van der Waals surface area contributed by atoms with Gasteiger partial charge in [-0.25, -0.2) is 0 Å². The molecule has 0 saturated carbocycles. The van der Waals surface area contributed by atoms with Crippen LogP contribution in [-0.2, 0) is 0 Å². The number of aryl methyl sites for hydroxylation is 1. The fourth-order valence-corrected chi connectivity index (χ4v) is 2.57. The Morgan fingerprint density at radius 1 is 1.19 bits per heavy atom. The van der Waals surface area contributed by atoms with Crippen molar-refractivity contribution in [2.45, 2.75) is 19.9 Å². The number of benzene rings is 2. The molecule has 0 heterocycles. The van der Waals surface area contributed by atoms with Gasteiger partial charge in [0.25, 0.3) is 5.91 Å². The van der Waals surface area contributed by atoms with Crippen molar-refractivity contribution in [3.8, 4) is 0 Å². The molecule has 0 saturated heterocycles. The highest BCUT2D eigenvalue weighted by atomic mass is 79.9. The van der Waals surface area contributed by atoms with Gasteiger partial charge in [-0.3, -0.25) is 4.79 Å². The standard InChI is InChI=1S/C17H17BrClNO/c1-11-4-6-13(7-5-11)12(2)20(3)17(21)14-8-9-16(19)15(18)10-14/h4-10,12H,1-3H3. The first-order valence-electron chi connectivity index (χ1n) is 6.69. The highest BCUT2D eigenvalue weighted by molar-refractivity contribution is 9.10. The first kappa shape index (κ1) is 16.1. The first-order valence-corrected chi connectivity index (χ1v) is 7.86. The normalized spacial score (nSPS) is 12.0. The third kappa shape index (κ3) is 3.66. The topological polar surface area (TPSA) is 20.3 Å². The second kappa shape index (κ2) is 6.63. The van der Waals surface area contributed by atoms with Crippen LogP contribution < -0.4 is 0 Å². The van der Waals surface area contributed by atoms with Gasteiger partial charge in [-0.05, 0) is 53.5 Å². The molecular formula is C17H17BrClNO. The van der Waals surface area contributed by atoms with Gasteiger partial charge in [0.2, 0.25) is 0 Å². The average Bonchev–Trinajstić information content (AvgIpc) is 2.48. The minimum Gasteiger partial charge on any atom is -0.335 e. The van der Waals surface area contributed by atoms with Gasteiger partial charge in [-0.2, -0.15) is 0 Å². The smallest absolute Gasteiger partial charge is 0.254 e. The molecule has 2 rings (SSSR count). The highest BCUT2D eigenvalue weighted by Crippen LogP contribution is 2.26. The largest absolute Gasteiger partial charge is 0.335 e. The van der Waals surface area contributed by atoms with Crippen LogP contribution in [0.15, 0.2) is 46.9 Å². The van der Waals surface area contributed by atoms with Crippen LogP contribution in [0, 0.1) is 6.92 Å². The summed E-state index contributed by atoms with van der Waals surface area (Å²) in [5, 5.41) is 0.598. The van der Waals surface area contributed by atoms with Crippen molar-refractivity contribution in [1.29, 1.82) is 0 Å². The molecular weight excluding hydrogens is 350 g/mol. The highest BCUT2D eigenvalue weighted by Gasteiger charge is 2.19. The second-order valence-electron chi connectivity index (χ2n) is 5.13. The molecule has 2 nitrogen and oxygen atoms in total. The molecule has 0 fully saturated rings. The van der Waals surface area contributed by atoms with Crippen molar-refractivity contribution in [3.05, 3.63) is 68.7 Å². The van der Waals surface area contributed by atoms with E-state index >= 15 is 0 Å². The maximum Gasteiger partial charge on any atom is 0.254 e. The van der Waals surface area contributed by atoms with Crippen LogP contribution in [0.25, 0.3) is 0 Å². The predicted molar refractivity (Wildman–Crippen MR) is 90.8 cm³/mol. The summed E-state index contributed by atoms with van der Waals surface area (Å²) >= 11 is 9.32. The van der Waals surface area contributed by atoms with E-state index in [-0.39, 0.29) is 11.9 Å². The molecule has 0 aliphatic carbocycles. The summed E-state index contributed by atoms with van der Waals surface area (Å²) in [6.07, 6.45) is 0. The van der Waals surface area contributed by atoms with E-state index in [1.54, 1.807) is 23.1 Å². The summed E-state index contributed by atoms with van der Waals surface area (Å²) in [4.78, 5) is 14.3. The summed E-state index contributed by atoms with van der Waals surface area (Å²) in [7, 11) is 1.81.